The first kappa shape index (κ1) is 17.0. The van der Waals surface area contributed by atoms with E-state index in [2.05, 4.69) is 32.1 Å². The fourth-order valence-electron chi connectivity index (χ4n) is 2.41. The number of rotatable bonds is 3. The van der Waals surface area contributed by atoms with Gasteiger partial charge >= 0.3 is 0 Å². The number of anilines is 2. The molecule has 0 unspecified atom stereocenters. The molecule has 0 radical (unpaired) electrons. The zero-order valence-electron chi connectivity index (χ0n) is 13.2. The smallest absolute Gasteiger partial charge is 0.274 e. The highest BCUT2D eigenvalue weighted by Gasteiger charge is 2.18. The van der Waals surface area contributed by atoms with Gasteiger partial charge in [-0.25, -0.2) is 9.97 Å². The average Bonchev–Trinajstić information content (AvgIpc) is 2.58. The van der Waals surface area contributed by atoms with Gasteiger partial charge < -0.3 is 15.1 Å². The van der Waals surface area contributed by atoms with Crippen LogP contribution in [0.25, 0.3) is 0 Å². The van der Waals surface area contributed by atoms with Crippen molar-refractivity contribution in [3.8, 4) is 0 Å². The van der Waals surface area contributed by atoms with Crippen LogP contribution in [0.4, 0.5) is 11.6 Å². The molecule has 0 bridgehead atoms. The molecule has 0 atom stereocenters. The first-order chi connectivity index (χ1) is 11.5. The summed E-state index contributed by atoms with van der Waals surface area (Å²) in [6.07, 6.45) is 1.60. The molecule has 1 saturated heterocycles. The first-order valence-corrected chi connectivity index (χ1v) is 8.31. The number of hydrogen-bond acceptors (Lipinski definition) is 5. The minimum Gasteiger partial charge on any atom is -0.338 e. The van der Waals surface area contributed by atoms with E-state index in [0.717, 1.165) is 26.2 Å². The Kier molecular flexibility index (Phi) is 5.18. The standard InChI is InChI=1S/C16H17Cl2N5O/c1-22-6-8-23(9-7-22)16-19-5-4-14(21-16)15(24)20-13-3-2-11(17)10-12(13)18/h2-5,10H,6-9H2,1H3,(H,20,24). The number of carbonyl (C=O) groups is 1. The predicted octanol–water partition coefficient (Wildman–Crippen LogP) is 2.79. The molecule has 0 aliphatic carbocycles. The van der Waals surface area contributed by atoms with Gasteiger partial charge in [-0.3, -0.25) is 4.79 Å². The highest BCUT2D eigenvalue weighted by Crippen LogP contribution is 2.25. The molecule has 1 aliphatic heterocycles. The number of aromatic nitrogens is 2. The van der Waals surface area contributed by atoms with Gasteiger partial charge in [-0.05, 0) is 31.3 Å². The van der Waals surface area contributed by atoms with Crippen LogP contribution in [0.2, 0.25) is 10.0 Å². The molecule has 24 heavy (non-hydrogen) atoms. The monoisotopic (exact) mass is 365 g/mol. The summed E-state index contributed by atoms with van der Waals surface area (Å²) in [5, 5.41) is 3.63. The van der Waals surface area contributed by atoms with Gasteiger partial charge in [0.2, 0.25) is 5.95 Å². The van der Waals surface area contributed by atoms with E-state index in [-0.39, 0.29) is 5.91 Å². The van der Waals surface area contributed by atoms with E-state index >= 15 is 0 Å². The van der Waals surface area contributed by atoms with Gasteiger partial charge in [0.15, 0.2) is 0 Å². The lowest BCUT2D eigenvalue weighted by molar-refractivity contribution is 0.102. The summed E-state index contributed by atoms with van der Waals surface area (Å²) in [4.78, 5) is 25.4. The Morgan fingerprint density at radius 3 is 2.62 bits per heavy atom. The minimum absolute atomic E-state index is 0.296. The number of hydrogen-bond donors (Lipinski definition) is 1. The maximum atomic E-state index is 12.4. The molecule has 1 amide bonds. The number of benzene rings is 1. The predicted molar refractivity (Wildman–Crippen MR) is 96.2 cm³/mol. The van der Waals surface area contributed by atoms with Crippen LogP contribution >= 0.6 is 23.2 Å². The van der Waals surface area contributed by atoms with Gasteiger partial charge in [-0.15, -0.1) is 0 Å². The third-order valence-corrected chi connectivity index (χ3v) is 4.39. The van der Waals surface area contributed by atoms with E-state index < -0.39 is 0 Å². The summed E-state index contributed by atoms with van der Waals surface area (Å²) in [6.45, 7) is 3.56. The van der Waals surface area contributed by atoms with E-state index in [0.29, 0.717) is 27.4 Å². The zero-order chi connectivity index (χ0) is 17.1. The van der Waals surface area contributed by atoms with Gasteiger partial charge in [0.25, 0.3) is 5.91 Å². The summed E-state index contributed by atoms with van der Waals surface area (Å²) in [7, 11) is 2.08. The Labute approximate surface area is 150 Å². The molecule has 1 fully saturated rings. The highest BCUT2D eigenvalue weighted by molar-refractivity contribution is 6.36. The van der Waals surface area contributed by atoms with Crippen LogP contribution in [0.3, 0.4) is 0 Å². The largest absolute Gasteiger partial charge is 0.338 e. The number of likely N-dealkylation sites (N-methyl/N-ethyl adjacent to an activating group) is 1. The second kappa shape index (κ2) is 7.34. The molecule has 3 rings (SSSR count). The number of amides is 1. The van der Waals surface area contributed by atoms with Gasteiger partial charge in [-0.1, -0.05) is 23.2 Å². The molecule has 1 N–H and O–H groups in total. The van der Waals surface area contributed by atoms with Crippen LogP contribution in [-0.2, 0) is 0 Å². The van der Waals surface area contributed by atoms with E-state index in [4.69, 9.17) is 23.2 Å². The molecular formula is C16H17Cl2N5O. The van der Waals surface area contributed by atoms with E-state index in [9.17, 15) is 4.79 Å². The molecule has 1 aromatic heterocycles. The topological polar surface area (TPSA) is 61.4 Å². The normalized spacial score (nSPS) is 15.4. The highest BCUT2D eigenvalue weighted by atomic mass is 35.5. The molecule has 0 spiro atoms. The van der Waals surface area contributed by atoms with Crippen LogP contribution in [-0.4, -0.2) is 54.0 Å². The first-order valence-electron chi connectivity index (χ1n) is 7.56. The van der Waals surface area contributed by atoms with E-state index in [1.54, 1.807) is 30.5 Å². The Morgan fingerprint density at radius 1 is 1.17 bits per heavy atom. The summed E-state index contributed by atoms with van der Waals surface area (Å²) in [6, 6.07) is 6.48. The lowest BCUT2D eigenvalue weighted by atomic mass is 10.3. The average molecular weight is 366 g/mol. The van der Waals surface area contributed by atoms with Crippen molar-refractivity contribution in [2.75, 3.05) is 43.4 Å². The van der Waals surface area contributed by atoms with Crippen molar-refractivity contribution in [2.24, 2.45) is 0 Å². The van der Waals surface area contributed by atoms with Gasteiger partial charge in [-0.2, -0.15) is 0 Å². The molecule has 1 aromatic carbocycles. The third kappa shape index (κ3) is 3.95. The van der Waals surface area contributed by atoms with Crippen molar-refractivity contribution in [3.05, 3.63) is 46.2 Å². The van der Waals surface area contributed by atoms with Crippen LogP contribution in [0.15, 0.2) is 30.5 Å². The fraction of sp³-hybridized carbons (Fsp3) is 0.312. The third-order valence-electron chi connectivity index (χ3n) is 3.84. The lowest BCUT2D eigenvalue weighted by Gasteiger charge is -2.32. The molecule has 2 heterocycles. The quantitative estimate of drug-likeness (QED) is 0.905. The summed E-state index contributed by atoms with van der Waals surface area (Å²) >= 11 is 11.9. The van der Waals surface area contributed by atoms with Crippen LogP contribution in [0.1, 0.15) is 10.5 Å². The maximum Gasteiger partial charge on any atom is 0.274 e. The number of nitrogens with one attached hydrogen (secondary N) is 1. The van der Waals surface area contributed by atoms with Gasteiger partial charge in [0.1, 0.15) is 5.69 Å². The molecule has 2 aromatic rings. The maximum absolute atomic E-state index is 12.4. The van der Waals surface area contributed by atoms with Crippen molar-refractivity contribution in [1.82, 2.24) is 14.9 Å². The lowest BCUT2D eigenvalue weighted by Crippen LogP contribution is -2.45. The second-order valence-corrected chi connectivity index (χ2v) is 6.45. The molecule has 1 aliphatic rings. The Morgan fingerprint density at radius 2 is 1.92 bits per heavy atom. The van der Waals surface area contributed by atoms with Crippen molar-refractivity contribution in [2.45, 2.75) is 0 Å². The SMILES string of the molecule is CN1CCN(c2nccc(C(=O)Nc3ccc(Cl)cc3Cl)n2)CC1. The zero-order valence-corrected chi connectivity index (χ0v) is 14.7. The number of halogens is 2. The van der Waals surface area contributed by atoms with Crippen LogP contribution in [0.5, 0.6) is 0 Å². The molecule has 6 nitrogen and oxygen atoms in total. The van der Waals surface area contributed by atoms with Crippen molar-refractivity contribution >= 4 is 40.7 Å². The van der Waals surface area contributed by atoms with E-state index in [1.165, 1.54) is 0 Å². The van der Waals surface area contributed by atoms with E-state index in [1.807, 2.05) is 0 Å². The number of carbonyl (C=O) groups excluding carboxylic acids is 1. The van der Waals surface area contributed by atoms with Crippen molar-refractivity contribution < 1.29 is 4.79 Å². The molecule has 126 valence electrons. The van der Waals surface area contributed by atoms with Crippen molar-refractivity contribution in [3.63, 3.8) is 0 Å². The minimum atomic E-state index is -0.336. The molecular weight excluding hydrogens is 349 g/mol. The summed E-state index contributed by atoms with van der Waals surface area (Å²) < 4.78 is 0. The number of nitrogens with zero attached hydrogens (tertiary/aromatic N) is 4. The second-order valence-electron chi connectivity index (χ2n) is 5.61. The fourth-order valence-corrected chi connectivity index (χ4v) is 2.87. The summed E-state index contributed by atoms with van der Waals surface area (Å²) in [5.74, 6) is 0.231. The Bertz CT molecular complexity index is 747. The van der Waals surface area contributed by atoms with Gasteiger partial charge in [0, 0.05) is 37.4 Å². The van der Waals surface area contributed by atoms with Crippen molar-refractivity contribution in [1.29, 1.82) is 0 Å². The van der Waals surface area contributed by atoms with Crippen LogP contribution in [0, 0.1) is 0 Å². The summed E-state index contributed by atoms with van der Waals surface area (Å²) in [5.41, 5.74) is 0.788. The Hall–Kier alpha value is -1.89. The van der Waals surface area contributed by atoms with Crippen LogP contribution < -0.4 is 10.2 Å². The Balaban J connectivity index is 1.74. The molecule has 8 heteroatoms. The number of piperazine rings is 1. The molecule has 0 saturated carbocycles. The van der Waals surface area contributed by atoms with Gasteiger partial charge in [0.05, 0.1) is 10.7 Å².